The molecule has 1 unspecified atom stereocenters. The third-order valence-corrected chi connectivity index (χ3v) is 4.74. The van der Waals surface area contributed by atoms with Gasteiger partial charge >= 0.3 is 0 Å². The summed E-state index contributed by atoms with van der Waals surface area (Å²) in [4.78, 5) is 0. The van der Waals surface area contributed by atoms with E-state index in [9.17, 15) is 8.42 Å². The third-order valence-electron chi connectivity index (χ3n) is 2.97. The number of rotatable bonds is 2. The smallest absolute Gasteiger partial charge is 0.152 e. The van der Waals surface area contributed by atoms with E-state index in [2.05, 4.69) is 11.4 Å². The normalized spacial score (nSPS) is 22.0. The second-order valence-corrected chi connectivity index (χ2v) is 6.58. The molecule has 0 spiro atoms. The van der Waals surface area contributed by atoms with Crippen molar-refractivity contribution in [3.8, 4) is 6.07 Å². The number of anilines is 1. The van der Waals surface area contributed by atoms with Crippen molar-refractivity contribution in [1.29, 1.82) is 5.26 Å². The number of benzene rings is 1. The van der Waals surface area contributed by atoms with Gasteiger partial charge in [-0.2, -0.15) is 5.26 Å². The van der Waals surface area contributed by atoms with Crippen molar-refractivity contribution in [1.82, 2.24) is 0 Å². The van der Waals surface area contributed by atoms with E-state index < -0.39 is 9.84 Å². The summed E-state index contributed by atoms with van der Waals surface area (Å²) < 4.78 is 22.7. The first-order chi connectivity index (χ1) is 8.02. The van der Waals surface area contributed by atoms with Crippen molar-refractivity contribution in [2.75, 3.05) is 16.8 Å². The van der Waals surface area contributed by atoms with Gasteiger partial charge in [0.05, 0.1) is 22.8 Å². The minimum atomic E-state index is -2.89. The molecular formula is C12H14N2O2S. The molecule has 90 valence electrons. The number of nitrogens with zero attached hydrogens (tertiary/aromatic N) is 1. The Morgan fingerprint density at radius 1 is 1.47 bits per heavy atom. The molecule has 1 atom stereocenters. The number of nitrogens with one attached hydrogen (secondary N) is 1. The maximum atomic E-state index is 11.4. The van der Waals surface area contributed by atoms with E-state index in [1.165, 1.54) is 0 Å². The first-order valence-corrected chi connectivity index (χ1v) is 7.30. The summed E-state index contributed by atoms with van der Waals surface area (Å²) in [5, 5.41) is 12.2. The molecular weight excluding hydrogens is 236 g/mol. The van der Waals surface area contributed by atoms with Gasteiger partial charge in [-0.25, -0.2) is 8.42 Å². The van der Waals surface area contributed by atoms with Crippen LogP contribution in [0.5, 0.6) is 0 Å². The maximum Gasteiger partial charge on any atom is 0.152 e. The number of para-hydroxylation sites is 1. The van der Waals surface area contributed by atoms with Gasteiger partial charge in [-0.15, -0.1) is 0 Å². The highest BCUT2D eigenvalue weighted by Crippen LogP contribution is 2.23. The molecule has 5 heteroatoms. The summed E-state index contributed by atoms with van der Waals surface area (Å²) >= 11 is 0. The average molecular weight is 250 g/mol. The molecule has 0 aliphatic carbocycles. The first kappa shape index (κ1) is 11.9. The van der Waals surface area contributed by atoms with Crippen LogP contribution >= 0.6 is 0 Å². The van der Waals surface area contributed by atoms with Crippen molar-refractivity contribution in [2.24, 2.45) is 0 Å². The molecule has 0 radical (unpaired) electrons. The molecule has 17 heavy (non-hydrogen) atoms. The standard InChI is InChI=1S/C12H14N2O2S/c1-9-3-2-4-10(7-13)12(9)14-11-5-6-17(15,16)8-11/h2-4,11,14H,5-6,8H2,1H3. The molecule has 1 N–H and O–H groups in total. The fraction of sp³-hybridized carbons (Fsp3) is 0.417. The molecule has 1 aliphatic heterocycles. The summed E-state index contributed by atoms with van der Waals surface area (Å²) in [7, 11) is -2.89. The predicted molar refractivity (Wildman–Crippen MR) is 66.6 cm³/mol. The van der Waals surface area contributed by atoms with Gasteiger partial charge in [-0.1, -0.05) is 12.1 Å². The van der Waals surface area contributed by atoms with Crippen LogP contribution in [-0.2, 0) is 9.84 Å². The van der Waals surface area contributed by atoms with Crippen LogP contribution in [-0.4, -0.2) is 26.0 Å². The lowest BCUT2D eigenvalue weighted by atomic mass is 10.1. The number of nitriles is 1. The van der Waals surface area contributed by atoms with E-state index in [-0.39, 0.29) is 17.5 Å². The summed E-state index contributed by atoms with van der Waals surface area (Å²) in [6, 6.07) is 7.51. The molecule has 0 amide bonds. The van der Waals surface area contributed by atoms with E-state index in [4.69, 9.17) is 5.26 Å². The molecule has 1 heterocycles. The van der Waals surface area contributed by atoms with Gasteiger partial charge in [0.2, 0.25) is 0 Å². The Morgan fingerprint density at radius 3 is 2.82 bits per heavy atom. The van der Waals surface area contributed by atoms with Crippen molar-refractivity contribution in [3.05, 3.63) is 29.3 Å². The highest BCUT2D eigenvalue weighted by molar-refractivity contribution is 7.91. The van der Waals surface area contributed by atoms with Crippen LogP contribution < -0.4 is 5.32 Å². The van der Waals surface area contributed by atoms with E-state index >= 15 is 0 Å². The molecule has 0 bridgehead atoms. The van der Waals surface area contributed by atoms with Crippen molar-refractivity contribution >= 4 is 15.5 Å². The quantitative estimate of drug-likeness (QED) is 0.862. The van der Waals surface area contributed by atoms with Crippen molar-refractivity contribution in [3.63, 3.8) is 0 Å². The Labute approximate surface area is 101 Å². The zero-order chi connectivity index (χ0) is 12.5. The largest absolute Gasteiger partial charge is 0.380 e. The van der Waals surface area contributed by atoms with Crippen LogP contribution in [0.15, 0.2) is 18.2 Å². The van der Waals surface area contributed by atoms with Crippen molar-refractivity contribution < 1.29 is 8.42 Å². The summed E-state index contributed by atoms with van der Waals surface area (Å²) in [5.41, 5.74) is 2.29. The number of aryl methyl sites for hydroxylation is 1. The Balaban J connectivity index is 2.23. The van der Waals surface area contributed by atoms with Crippen LogP contribution in [0.4, 0.5) is 5.69 Å². The second-order valence-electron chi connectivity index (χ2n) is 4.35. The zero-order valence-electron chi connectivity index (χ0n) is 9.60. The Kier molecular flexibility index (Phi) is 3.07. The highest BCUT2D eigenvalue weighted by Gasteiger charge is 2.28. The van der Waals surface area contributed by atoms with Gasteiger partial charge in [-0.3, -0.25) is 0 Å². The highest BCUT2D eigenvalue weighted by atomic mass is 32.2. The Bertz CT molecular complexity index is 573. The number of sulfone groups is 1. The molecule has 2 rings (SSSR count). The van der Waals surface area contributed by atoms with Gasteiger partial charge in [0.1, 0.15) is 6.07 Å². The monoisotopic (exact) mass is 250 g/mol. The number of hydrogen-bond donors (Lipinski definition) is 1. The van der Waals surface area contributed by atoms with Crippen LogP contribution in [0.25, 0.3) is 0 Å². The van der Waals surface area contributed by atoms with Crippen molar-refractivity contribution in [2.45, 2.75) is 19.4 Å². The molecule has 0 aromatic heterocycles. The van der Waals surface area contributed by atoms with Gasteiger partial charge in [-0.05, 0) is 25.0 Å². The number of hydrogen-bond acceptors (Lipinski definition) is 4. The van der Waals surface area contributed by atoms with Crippen LogP contribution in [0.1, 0.15) is 17.5 Å². The zero-order valence-corrected chi connectivity index (χ0v) is 10.4. The first-order valence-electron chi connectivity index (χ1n) is 5.48. The van der Waals surface area contributed by atoms with E-state index in [0.717, 1.165) is 11.3 Å². The lowest BCUT2D eigenvalue weighted by Gasteiger charge is -2.15. The average Bonchev–Trinajstić information content (AvgIpc) is 2.61. The minimum absolute atomic E-state index is 0.0757. The second kappa shape index (κ2) is 4.38. The van der Waals surface area contributed by atoms with Gasteiger partial charge in [0.15, 0.2) is 9.84 Å². The van der Waals surface area contributed by atoms with E-state index in [1.54, 1.807) is 6.07 Å². The maximum absolute atomic E-state index is 11.4. The van der Waals surface area contributed by atoms with E-state index in [0.29, 0.717) is 12.0 Å². The van der Waals surface area contributed by atoms with Crippen LogP contribution in [0.3, 0.4) is 0 Å². The Hall–Kier alpha value is -1.54. The topological polar surface area (TPSA) is 70.0 Å². The fourth-order valence-corrected chi connectivity index (χ4v) is 3.74. The SMILES string of the molecule is Cc1cccc(C#N)c1NC1CCS(=O)(=O)C1. The fourth-order valence-electron chi connectivity index (χ4n) is 2.07. The van der Waals surface area contributed by atoms with E-state index in [1.807, 2.05) is 19.1 Å². The lowest BCUT2D eigenvalue weighted by molar-refractivity contribution is 0.602. The van der Waals surface area contributed by atoms with Gasteiger partial charge in [0.25, 0.3) is 0 Å². The summed E-state index contributed by atoms with van der Waals surface area (Å²) in [5.74, 6) is 0.393. The summed E-state index contributed by atoms with van der Waals surface area (Å²) in [6.07, 6.45) is 0.613. The lowest BCUT2D eigenvalue weighted by Crippen LogP contribution is -2.21. The Morgan fingerprint density at radius 2 is 2.24 bits per heavy atom. The molecule has 1 aliphatic rings. The molecule has 4 nitrogen and oxygen atoms in total. The predicted octanol–water partition coefficient (Wildman–Crippen LogP) is 1.47. The minimum Gasteiger partial charge on any atom is -0.380 e. The molecule has 1 saturated heterocycles. The molecule has 1 fully saturated rings. The molecule has 1 aromatic carbocycles. The molecule has 0 saturated carbocycles. The van der Waals surface area contributed by atoms with Gasteiger partial charge < -0.3 is 5.32 Å². The third kappa shape index (κ3) is 2.59. The van der Waals surface area contributed by atoms with Gasteiger partial charge in [0, 0.05) is 6.04 Å². The molecule has 1 aromatic rings. The summed E-state index contributed by atoms with van der Waals surface area (Å²) in [6.45, 7) is 1.91. The van der Waals surface area contributed by atoms with Crippen LogP contribution in [0, 0.1) is 18.3 Å². The van der Waals surface area contributed by atoms with Crippen LogP contribution in [0.2, 0.25) is 0 Å².